The average Bonchev–Trinajstić information content (AvgIpc) is 3.07. The van der Waals surface area contributed by atoms with Gasteiger partial charge in [-0.2, -0.15) is 20.0 Å². The maximum absolute atomic E-state index is 9.40. The summed E-state index contributed by atoms with van der Waals surface area (Å²) < 4.78 is 7.63. The van der Waals surface area contributed by atoms with Gasteiger partial charge in [-0.3, -0.25) is 0 Å². The van der Waals surface area contributed by atoms with E-state index in [9.17, 15) is 5.26 Å². The fourth-order valence-electron chi connectivity index (χ4n) is 3.44. The Bertz CT molecular complexity index is 1320. The van der Waals surface area contributed by atoms with Gasteiger partial charge in [-0.15, -0.1) is 0 Å². The molecule has 2 N–H and O–H groups in total. The number of hydrogen-bond donors (Lipinski definition) is 1. The second kappa shape index (κ2) is 8.52. The minimum absolute atomic E-state index is 0.228. The summed E-state index contributed by atoms with van der Waals surface area (Å²) in [6.07, 6.45) is 0. The van der Waals surface area contributed by atoms with Crippen LogP contribution in [0, 0.1) is 25.2 Å². The van der Waals surface area contributed by atoms with Crippen molar-refractivity contribution in [3.63, 3.8) is 0 Å². The molecule has 2 heterocycles. The Balaban J connectivity index is 1.85. The molecule has 4 aromatic rings. The summed E-state index contributed by atoms with van der Waals surface area (Å²) in [4.78, 5) is 9.28. The van der Waals surface area contributed by atoms with Gasteiger partial charge < -0.3 is 10.5 Å². The molecule has 160 valence electrons. The molecule has 32 heavy (non-hydrogen) atoms. The number of ether oxygens (including phenoxy) is 1. The molecule has 0 aliphatic carbocycles. The fraction of sp³-hybridized carbons (Fsp3) is 0.200. The summed E-state index contributed by atoms with van der Waals surface area (Å²) in [6, 6.07) is 19.5. The van der Waals surface area contributed by atoms with E-state index in [2.05, 4.69) is 41.0 Å². The van der Waals surface area contributed by atoms with Gasteiger partial charge in [-0.1, -0.05) is 50.2 Å². The SMILES string of the molecule is Cc1cc(Oc2cc(-n3nc(C)c(C#N)c3N)nc(-c3ccccc3)n2)cc(C(C)C)c1. The third-order valence-corrected chi connectivity index (χ3v) is 5.11. The van der Waals surface area contributed by atoms with E-state index in [4.69, 9.17) is 10.5 Å². The van der Waals surface area contributed by atoms with Crippen molar-refractivity contribution in [3.05, 3.63) is 77.0 Å². The standard InChI is InChI=1S/C25H24N6O/c1-15(2)19-10-16(3)11-20(12-19)32-23-13-22(31-24(27)21(14-26)17(4)30-31)28-25(29-23)18-8-6-5-7-9-18/h5-13,15H,27H2,1-4H3. The predicted octanol–water partition coefficient (Wildman–Crippen LogP) is 5.32. The highest BCUT2D eigenvalue weighted by Crippen LogP contribution is 2.29. The van der Waals surface area contributed by atoms with Crippen LogP contribution in [0.3, 0.4) is 0 Å². The zero-order valence-electron chi connectivity index (χ0n) is 18.5. The molecule has 0 fully saturated rings. The second-order valence-corrected chi connectivity index (χ2v) is 7.96. The van der Waals surface area contributed by atoms with Crippen LogP contribution in [-0.2, 0) is 0 Å². The number of aryl methyl sites for hydroxylation is 2. The first kappa shape index (κ1) is 21.1. The summed E-state index contributed by atoms with van der Waals surface area (Å²) in [6.45, 7) is 8.06. The number of nitrogen functional groups attached to an aromatic ring is 1. The van der Waals surface area contributed by atoms with Crippen LogP contribution < -0.4 is 10.5 Å². The molecular weight excluding hydrogens is 400 g/mol. The van der Waals surface area contributed by atoms with E-state index in [1.165, 1.54) is 10.2 Å². The van der Waals surface area contributed by atoms with Crippen molar-refractivity contribution in [1.82, 2.24) is 19.7 Å². The lowest BCUT2D eigenvalue weighted by molar-refractivity contribution is 0.460. The summed E-state index contributed by atoms with van der Waals surface area (Å²) in [5.74, 6) is 2.55. The fourth-order valence-corrected chi connectivity index (χ4v) is 3.44. The van der Waals surface area contributed by atoms with E-state index in [0.29, 0.717) is 40.4 Å². The van der Waals surface area contributed by atoms with E-state index in [1.54, 1.807) is 13.0 Å². The third-order valence-electron chi connectivity index (χ3n) is 5.11. The minimum atomic E-state index is 0.228. The summed E-state index contributed by atoms with van der Waals surface area (Å²) in [5, 5.41) is 13.8. The average molecular weight is 425 g/mol. The van der Waals surface area contributed by atoms with Crippen LogP contribution in [0.15, 0.2) is 54.6 Å². The molecular formula is C25H24N6O. The van der Waals surface area contributed by atoms with Gasteiger partial charge >= 0.3 is 0 Å². The van der Waals surface area contributed by atoms with Gasteiger partial charge in [0.2, 0.25) is 5.88 Å². The van der Waals surface area contributed by atoms with Crippen molar-refractivity contribution >= 4 is 5.82 Å². The lowest BCUT2D eigenvalue weighted by Crippen LogP contribution is -2.07. The number of benzene rings is 2. The van der Waals surface area contributed by atoms with Crippen molar-refractivity contribution in [2.75, 3.05) is 5.73 Å². The van der Waals surface area contributed by atoms with Crippen molar-refractivity contribution < 1.29 is 4.74 Å². The molecule has 0 aliphatic rings. The van der Waals surface area contributed by atoms with Crippen LogP contribution in [0.2, 0.25) is 0 Å². The Morgan fingerprint density at radius 2 is 1.78 bits per heavy atom. The van der Waals surface area contributed by atoms with E-state index in [1.807, 2.05) is 49.4 Å². The Labute approximate surface area is 187 Å². The lowest BCUT2D eigenvalue weighted by atomic mass is 10.0. The van der Waals surface area contributed by atoms with Gasteiger partial charge in [0, 0.05) is 11.6 Å². The summed E-state index contributed by atoms with van der Waals surface area (Å²) >= 11 is 0. The first-order valence-corrected chi connectivity index (χ1v) is 10.3. The summed E-state index contributed by atoms with van der Waals surface area (Å²) in [7, 11) is 0. The molecule has 2 aromatic carbocycles. The van der Waals surface area contributed by atoms with Crippen LogP contribution >= 0.6 is 0 Å². The number of rotatable bonds is 5. The normalized spacial score (nSPS) is 10.9. The molecule has 7 heteroatoms. The van der Waals surface area contributed by atoms with Crippen LogP contribution in [0.5, 0.6) is 11.6 Å². The number of nitriles is 1. The first-order valence-electron chi connectivity index (χ1n) is 10.3. The zero-order valence-corrected chi connectivity index (χ0v) is 18.5. The van der Waals surface area contributed by atoms with E-state index < -0.39 is 0 Å². The molecule has 2 aromatic heterocycles. The van der Waals surface area contributed by atoms with Crippen molar-refractivity contribution in [1.29, 1.82) is 5.26 Å². The molecule has 0 radical (unpaired) electrons. The van der Waals surface area contributed by atoms with Crippen LogP contribution in [-0.4, -0.2) is 19.7 Å². The van der Waals surface area contributed by atoms with Crippen LogP contribution in [0.25, 0.3) is 17.2 Å². The van der Waals surface area contributed by atoms with Gasteiger partial charge in [-0.25, -0.2) is 4.98 Å². The third kappa shape index (κ3) is 4.16. The number of aromatic nitrogens is 4. The molecule has 0 amide bonds. The van der Waals surface area contributed by atoms with Gasteiger partial charge in [0.15, 0.2) is 11.6 Å². The molecule has 0 aliphatic heterocycles. The number of hydrogen-bond acceptors (Lipinski definition) is 6. The molecule has 0 atom stereocenters. The summed E-state index contributed by atoms with van der Waals surface area (Å²) in [5.41, 5.74) is 10.2. The Morgan fingerprint density at radius 3 is 2.44 bits per heavy atom. The van der Waals surface area contributed by atoms with Gasteiger partial charge in [0.1, 0.15) is 23.2 Å². The highest BCUT2D eigenvalue weighted by Gasteiger charge is 2.17. The molecule has 0 unspecified atom stereocenters. The molecule has 0 saturated carbocycles. The Kier molecular flexibility index (Phi) is 5.61. The number of nitrogens with zero attached hydrogens (tertiary/aromatic N) is 5. The Morgan fingerprint density at radius 1 is 1.03 bits per heavy atom. The van der Waals surface area contributed by atoms with Crippen molar-refractivity contribution in [3.8, 4) is 34.9 Å². The van der Waals surface area contributed by atoms with Crippen molar-refractivity contribution in [2.24, 2.45) is 0 Å². The van der Waals surface area contributed by atoms with E-state index >= 15 is 0 Å². The lowest BCUT2D eigenvalue weighted by Gasteiger charge is -2.13. The van der Waals surface area contributed by atoms with Crippen LogP contribution in [0.1, 0.15) is 42.1 Å². The first-order chi connectivity index (χ1) is 15.4. The largest absolute Gasteiger partial charge is 0.439 e. The molecule has 7 nitrogen and oxygen atoms in total. The zero-order chi connectivity index (χ0) is 22.8. The predicted molar refractivity (Wildman–Crippen MR) is 124 cm³/mol. The molecule has 4 rings (SSSR count). The highest BCUT2D eigenvalue weighted by atomic mass is 16.5. The van der Waals surface area contributed by atoms with Gasteiger partial charge in [0.05, 0.1) is 5.69 Å². The van der Waals surface area contributed by atoms with Crippen LogP contribution in [0.4, 0.5) is 5.82 Å². The van der Waals surface area contributed by atoms with Gasteiger partial charge in [-0.05, 0) is 43.0 Å². The quantitative estimate of drug-likeness (QED) is 0.465. The minimum Gasteiger partial charge on any atom is -0.439 e. The van der Waals surface area contributed by atoms with Crippen molar-refractivity contribution in [2.45, 2.75) is 33.6 Å². The maximum Gasteiger partial charge on any atom is 0.225 e. The van der Waals surface area contributed by atoms with E-state index in [-0.39, 0.29) is 5.82 Å². The second-order valence-electron chi connectivity index (χ2n) is 7.96. The molecule has 0 spiro atoms. The monoisotopic (exact) mass is 424 g/mol. The molecule has 0 bridgehead atoms. The number of nitrogens with two attached hydrogens (primary N) is 1. The Hall–Kier alpha value is -4.18. The topological polar surface area (TPSA) is 103 Å². The van der Waals surface area contributed by atoms with Gasteiger partial charge in [0.25, 0.3) is 0 Å². The molecule has 0 saturated heterocycles. The van der Waals surface area contributed by atoms with E-state index in [0.717, 1.165) is 11.1 Å². The smallest absolute Gasteiger partial charge is 0.225 e. The highest BCUT2D eigenvalue weighted by molar-refractivity contribution is 5.59. The number of anilines is 1. The maximum atomic E-state index is 9.40.